The van der Waals surface area contributed by atoms with Crippen molar-refractivity contribution in [3.63, 3.8) is 0 Å². The highest BCUT2D eigenvalue weighted by Gasteiger charge is 2.35. The summed E-state index contributed by atoms with van der Waals surface area (Å²) in [7, 11) is 0. The molecule has 1 fully saturated rings. The number of carbonyl (C=O) groups is 2. The van der Waals surface area contributed by atoms with Gasteiger partial charge in [0, 0.05) is 25.5 Å². The predicted octanol–water partition coefficient (Wildman–Crippen LogP) is 1.50. The van der Waals surface area contributed by atoms with Gasteiger partial charge in [0.05, 0.1) is 11.8 Å². The summed E-state index contributed by atoms with van der Waals surface area (Å²) in [6, 6.07) is 3.87. The minimum atomic E-state index is -0.842. The summed E-state index contributed by atoms with van der Waals surface area (Å²) >= 11 is 0. The Kier molecular flexibility index (Phi) is 4.60. The van der Waals surface area contributed by atoms with E-state index in [-0.39, 0.29) is 11.8 Å². The summed E-state index contributed by atoms with van der Waals surface area (Å²) in [5.74, 6) is -1.83. The van der Waals surface area contributed by atoms with Gasteiger partial charge in [-0.15, -0.1) is 0 Å². The minimum Gasteiger partial charge on any atom is -0.481 e. The Morgan fingerprint density at radius 3 is 2.42 bits per heavy atom. The molecule has 1 saturated carbocycles. The highest BCUT2D eigenvalue weighted by molar-refractivity contribution is 5.84. The fraction of sp³-hybridized carbons (Fsp3) is 0.571. The number of rotatable bonds is 5. The third kappa shape index (κ3) is 3.59. The zero-order valence-corrected chi connectivity index (χ0v) is 10.9. The second-order valence-electron chi connectivity index (χ2n) is 5.05. The van der Waals surface area contributed by atoms with E-state index >= 15 is 0 Å². The fourth-order valence-corrected chi connectivity index (χ4v) is 2.70. The van der Waals surface area contributed by atoms with Crippen LogP contribution in [0, 0.1) is 11.8 Å². The first-order chi connectivity index (χ1) is 9.18. The van der Waals surface area contributed by atoms with E-state index in [1.807, 2.05) is 29.1 Å². The van der Waals surface area contributed by atoms with Crippen molar-refractivity contribution in [3.8, 4) is 0 Å². The van der Waals surface area contributed by atoms with Gasteiger partial charge in [-0.05, 0) is 25.0 Å². The smallest absolute Gasteiger partial charge is 0.307 e. The van der Waals surface area contributed by atoms with Crippen molar-refractivity contribution in [2.45, 2.75) is 32.2 Å². The van der Waals surface area contributed by atoms with E-state index in [2.05, 4.69) is 5.32 Å². The van der Waals surface area contributed by atoms with Gasteiger partial charge in [0.25, 0.3) is 0 Å². The topological polar surface area (TPSA) is 71.3 Å². The summed E-state index contributed by atoms with van der Waals surface area (Å²) < 4.78 is 1.98. The molecule has 1 amide bonds. The van der Waals surface area contributed by atoms with Crippen molar-refractivity contribution in [2.75, 3.05) is 6.54 Å². The van der Waals surface area contributed by atoms with Crippen LogP contribution in [0.15, 0.2) is 24.5 Å². The number of aromatic nitrogens is 1. The summed E-state index contributed by atoms with van der Waals surface area (Å²) in [6.07, 6.45) is 7.03. The molecule has 1 aromatic rings. The fourth-order valence-electron chi connectivity index (χ4n) is 2.70. The summed E-state index contributed by atoms with van der Waals surface area (Å²) in [4.78, 5) is 23.2. The van der Waals surface area contributed by atoms with Crippen molar-refractivity contribution in [2.24, 2.45) is 11.8 Å². The molecule has 0 aliphatic heterocycles. The highest BCUT2D eigenvalue weighted by Crippen LogP contribution is 2.30. The van der Waals surface area contributed by atoms with Crippen LogP contribution in [0.5, 0.6) is 0 Å². The molecule has 1 aromatic heterocycles. The lowest BCUT2D eigenvalue weighted by Crippen LogP contribution is -2.40. The Morgan fingerprint density at radius 1 is 1.16 bits per heavy atom. The van der Waals surface area contributed by atoms with Crippen LogP contribution in [0.3, 0.4) is 0 Å². The Hall–Kier alpha value is -1.78. The predicted molar refractivity (Wildman–Crippen MR) is 70.5 cm³/mol. The summed E-state index contributed by atoms with van der Waals surface area (Å²) in [5, 5.41) is 12.0. The number of aliphatic carboxylic acids is 1. The number of carboxylic acids is 1. The Balaban J connectivity index is 1.82. The average molecular weight is 264 g/mol. The Morgan fingerprint density at radius 2 is 1.79 bits per heavy atom. The molecule has 0 saturated heterocycles. The van der Waals surface area contributed by atoms with Crippen LogP contribution >= 0.6 is 0 Å². The quantitative estimate of drug-likeness (QED) is 0.846. The van der Waals surface area contributed by atoms with Crippen LogP contribution in [-0.4, -0.2) is 28.1 Å². The van der Waals surface area contributed by atoms with E-state index in [1.165, 1.54) is 0 Å². The molecule has 1 heterocycles. The zero-order chi connectivity index (χ0) is 13.7. The van der Waals surface area contributed by atoms with Gasteiger partial charge in [0.1, 0.15) is 0 Å². The van der Waals surface area contributed by atoms with E-state index in [4.69, 9.17) is 5.11 Å². The SMILES string of the molecule is O=C(O)C1CCCCC1C(=O)NCCn1cccc1. The van der Waals surface area contributed by atoms with Crippen molar-refractivity contribution >= 4 is 11.9 Å². The number of carbonyl (C=O) groups excluding carboxylic acids is 1. The van der Waals surface area contributed by atoms with Crippen LogP contribution in [0.2, 0.25) is 0 Å². The standard InChI is InChI=1S/C14H20N2O3/c17-13(15-7-10-16-8-3-4-9-16)11-5-1-2-6-12(11)14(18)19/h3-4,8-9,11-12H,1-2,5-7,10H2,(H,15,17)(H,18,19). The first kappa shape index (κ1) is 13.6. The molecule has 2 N–H and O–H groups in total. The molecule has 5 nitrogen and oxygen atoms in total. The Labute approximate surface area is 112 Å². The molecule has 19 heavy (non-hydrogen) atoms. The van der Waals surface area contributed by atoms with Crippen LogP contribution in [-0.2, 0) is 16.1 Å². The molecule has 5 heteroatoms. The third-order valence-electron chi connectivity index (χ3n) is 3.76. The van der Waals surface area contributed by atoms with Gasteiger partial charge in [0.15, 0.2) is 0 Å². The van der Waals surface area contributed by atoms with Gasteiger partial charge in [-0.2, -0.15) is 0 Å². The lowest BCUT2D eigenvalue weighted by atomic mass is 9.79. The van der Waals surface area contributed by atoms with Crippen molar-refractivity contribution in [3.05, 3.63) is 24.5 Å². The Bertz CT molecular complexity index is 428. The van der Waals surface area contributed by atoms with Crippen LogP contribution in [0.4, 0.5) is 0 Å². The van der Waals surface area contributed by atoms with Gasteiger partial charge in [-0.3, -0.25) is 9.59 Å². The lowest BCUT2D eigenvalue weighted by molar-refractivity contribution is -0.148. The molecule has 0 bridgehead atoms. The molecular formula is C14H20N2O3. The number of nitrogens with zero attached hydrogens (tertiary/aromatic N) is 1. The third-order valence-corrected chi connectivity index (χ3v) is 3.76. The maximum Gasteiger partial charge on any atom is 0.307 e. The van der Waals surface area contributed by atoms with E-state index < -0.39 is 11.9 Å². The van der Waals surface area contributed by atoms with E-state index in [1.54, 1.807) is 0 Å². The maximum atomic E-state index is 12.1. The average Bonchev–Trinajstić information content (AvgIpc) is 2.91. The molecule has 0 aromatic carbocycles. The van der Waals surface area contributed by atoms with Crippen LogP contribution < -0.4 is 5.32 Å². The van der Waals surface area contributed by atoms with E-state index in [9.17, 15) is 9.59 Å². The minimum absolute atomic E-state index is 0.112. The molecule has 2 unspecified atom stereocenters. The number of amides is 1. The van der Waals surface area contributed by atoms with Gasteiger partial charge in [-0.25, -0.2) is 0 Å². The van der Waals surface area contributed by atoms with Crippen molar-refractivity contribution in [1.82, 2.24) is 9.88 Å². The zero-order valence-electron chi connectivity index (χ0n) is 10.9. The lowest BCUT2D eigenvalue weighted by Gasteiger charge is -2.27. The van der Waals surface area contributed by atoms with Crippen LogP contribution in [0.25, 0.3) is 0 Å². The molecule has 0 radical (unpaired) electrons. The summed E-state index contributed by atoms with van der Waals surface area (Å²) in [5.41, 5.74) is 0. The largest absolute Gasteiger partial charge is 0.481 e. The molecule has 2 rings (SSSR count). The van der Waals surface area contributed by atoms with E-state index in [0.29, 0.717) is 25.9 Å². The molecule has 1 aliphatic carbocycles. The molecule has 1 aliphatic rings. The maximum absolute atomic E-state index is 12.1. The van der Waals surface area contributed by atoms with Gasteiger partial charge >= 0.3 is 5.97 Å². The highest BCUT2D eigenvalue weighted by atomic mass is 16.4. The molecule has 0 spiro atoms. The first-order valence-electron chi connectivity index (χ1n) is 6.80. The second kappa shape index (κ2) is 6.41. The monoisotopic (exact) mass is 264 g/mol. The summed E-state index contributed by atoms with van der Waals surface area (Å²) in [6.45, 7) is 1.25. The molecule has 104 valence electrons. The van der Waals surface area contributed by atoms with Crippen LogP contribution in [0.1, 0.15) is 25.7 Å². The van der Waals surface area contributed by atoms with Crippen molar-refractivity contribution in [1.29, 1.82) is 0 Å². The molecule has 2 atom stereocenters. The molecular weight excluding hydrogens is 244 g/mol. The normalized spacial score (nSPS) is 22.9. The van der Waals surface area contributed by atoms with Crippen molar-refractivity contribution < 1.29 is 14.7 Å². The van der Waals surface area contributed by atoms with Gasteiger partial charge in [0.2, 0.25) is 5.91 Å². The number of hydrogen-bond acceptors (Lipinski definition) is 2. The second-order valence-corrected chi connectivity index (χ2v) is 5.05. The van der Waals surface area contributed by atoms with E-state index in [0.717, 1.165) is 12.8 Å². The number of carboxylic acid groups (broad SMARTS) is 1. The van der Waals surface area contributed by atoms with Gasteiger partial charge in [-0.1, -0.05) is 12.8 Å². The first-order valence-corrected chi connectivity index (χ1v) is 6.80. The van der Waals surface area contributed by atoms with Gasteiger partial charge < -0.3 is 15.0 Å². The number of nitrogens with one attached hydrogen (secondary N) is 1. The number of hydrogen-bond donors (Lipinski definition) is 2.